The standard InChI is InChI=1S/C18H25ClN4O2S2/c1-3-10-21(16-9-11-27(24,25)12-16)13-23-18(26)22(4-2)17(20-23)14-5-7-15(19)8-6-14/h5-8,16H,3-4,9-13H2,1-2H3. The Balaban J connectivity index is 1.91. The van der Waals surface area contributed by atoms with Crippen molar-refractivity contribution in [2.24, 2.45) is 0 Å². The van der Waals surface area contributed by atoms with E-state index in [1.54, 1.807) is 0 Å². The lowest BCUT2D eigenvalue weighted by Gasteiger charge is -2.27. The average molecular weight is 429 g/mol. The number of nitrogens with zero attached hydrogens (tertiary/aromatic N) is 4. The van der Waals surface area contributed by atoms with Crippen LogP contribution in [0.25, 0.3) is 11.4 Å². The third kappa shape index (κ3) is 4.62. The van der Waals surface area contributed by atoms with Gasteiger partial charge in [-0.15, -0.1) is 0 Å². The summed E-state index contributed by atoms with van der Waals surface area (Å²) in [6.45, 7) is 6.16. The van der Waals surface area contributed by atoms with Crippen LogP contribution >= 0.6 is 23.8 Å². The average Bonchev–Trinajstić information content (AvgIpc) is 3.14. The lowest BCUT2D eigenvalue weighted by atomic mass is 10.2. The summed E-state index contributed by atoms with van der Waals surface area (Å²) in [7, 11) is -2.93. The zero-order valence-electron chi connectivity index (χ0n) is 15.6. The highest BCUT2D eigenvalue weighted by molar-refractivity contribution is 7.91. The largest absolute Gasteiger partial charge is 0.300 e. The monoisotopic (exact) mass is 428 g/mol. The Morgan fingerprint density at radius 3 is 2.56 bits per heavy atom. The van der Waals surface area contributed by atoms with Crippen LogP contribution in [-0.4, -0.2) is 51.8 Å². The van der Waals surface area contributed by atoms with Crippen molar-refractivity contribution >= 4 is 33.7 Å². The van der Waals surface area contributed by atoms with Crippen LogP contribution in [0.1, 0.15) is 26.7 Å². The molecular formula is C18H25ClN4O2S2. The van der Waals surface area contributed by atoms with Gasteiger partial charge >= 0.3 is 0 Å². The van der Waals surface area contributed by atoms with Crippen molar-refractivity contribution in [2.45, 2.75) is 45.9 Å². The first kappa shape index (κ1) is 20.5. The quantitative estimate of drug-likeness (QED) is 0.630. The number of hydrogen-bond acceptors (Lipinski definition) is 5. The fourth-order valence-electron chi connectivity index (χ4n) is 3.52. The minimum atomic E-state index is -2.93. The Morgan fingerprint density at radius 2 is 2.00 bits per heavy atom. The summed E-state index contributed by atoms with van der Waals surface area (Å²) in [5.41, 5.74) is 0.955. The molecule has 0 amide bonds. The second-order valence-electron chi connectivity index (χ2n) is 6.87. The van der Waals surface area contributed by atoms with Gasteiger partial charge in [-0.1, -0.05) is 18.5 Å². The fraction of sp³-hybridized carbons (Fsp3) is 0.556. The molecule has 1 unspecified atom stereocenters. The minimum Gasteiger partial charge on any atom is -0.300 e. The highest BCUT2D eigenvalue weighted by Gasteiger charge is 2.32. The molecule has 0 aliphatic carbocycles. The van der Waals surface area contributed by atoms with Gasteiger partial charge in [-0.3, -0.25) is 4.90 Å². The van der Waals surface area contributed by atoms with Crippen molar-refractivity contribution in [1.29, 1.82) is 0 Å². The zero-order valence-corrected chi connectivity index (χ0v) is 18.0. The van der Waals surface area contributed by atoms with E-state index in [0.717, 1.165) is 24.4 Å². The van der Waals surface area contributed by atoms with Crippen molar-refractivity contribution in [1.82, 2.24) is 19.2 Å². The second-order valence-corrected chi connectivity index (χ2v) is 9.90. The first-order valence-electron chi connectivity index (χ1n) is 9.22. The number of halogens is 1. The van der Waals surface area contributed by atoms with Crippen molar-refractivity contribution in [3.05, 3.63) is 34.1 Å². The van der Waals surface area contributed by atoms with Crippen LogP contribution in [0.4, 0.5) is 0 Å². The first-order valence-corrected chi connectivity index (χ1v) is 11.8. The van der Waals surface area contributed by atoms with E-state index in [9.17, 15) is 8.42 Å². The molecule has 0 bridgehead atoms. The molecule has 9 heteroatoms. The van der Waals surface area contributed by atoms with Crippen molar-refractivity contribution in [3.63, 3.8) is 0 Å². The van der Waals surface area contributed by atoms with Gasteiger partial charge in [-0.05, 0) is 62.8 Å². The predicted octanol–water partition coefficient (Wildman–Crippen LogP) is 3.61. The Morgan fingerprint density at radius 1 is 1.30 bits per heavy atom. The third-order valence-electron chi connectivity index (χ3n) is 4.89. The molecule has 1 atom stereocenters. The second kappa shape index (κ2) is 8.43. The number of rotatable bonds is 7. The molecule has 2 heterocycles. The van der Waals surface area contributed by atoms with Gasteiger partial charge in [0, 0.05) is 23.2 Å². The topological polar surface area (TPSA) is 60.1 Å². The summed E-state index contributed by atoms with van der Waals surface area (Å²) in [5.74, 6) is 1.29. The number of aromatic nitrogens is 3. The van der Waals surface area contributed by atoms with E-state index in [2.05, 4.69) is 11.8 Å². The van der Waals surface area contributed by atoms with Crippen molar-refractivity contribution < 1.29 is 8.42 Å². The summed E-state index contributed by atoms with van der Waals surface area (Å²) in [6.07, 6.45) is 1.62. The molecule has 1 aromatic heterocycles. The van der Waals surface area contributed by atoms with Gasteiger partial charge in [-0.25, -0.2) is 13.1 Å². The molecule has 2 aromatic rings. The maximum atomic E-state index is 11.9. The molecule has 1 saturated heterocycles. The number of hydrogen-bond donors (Lipinski definition) is 0. The van der Waals surface area contributed by atoms with E-state index in [1.807, 2.05) is 40.4 Å². The van der Waals surface area contributed by atoms with Crippen molar-refractivity contribution in [2.75, 3.05) is 18.1 Å². The molecule has 0 saturated carbocycles. The van der Waals surface area contributed by atoms with Gasteiger partial charge in [-0.2, -0.15) is 5.10 Å². The van der Waals surface area contributed by atoms with Crippen LogP contribution in [0.5, 0.6) is 0 Å². The fourth-order valence-corrected chi connectivity index (χ4v) is 5.72. The minimum absolute atomic E-state index is 0.0302. The van der Waals surface area contributed by atoms with E-state index >= 15 is 0 Å². The third-order valence-corrected chi connectivity index (χ3v) is 7.33. The molecule has 3 rings (SSSR count). The molecule has 1 fully saturated rings. The normalized spacial score (nSPS) is 19.0. The Labute approximate surface area is 170 Å². The van der Waals surface area contributed by atoms with E-state index in [-0.39, 0.29) is 17.5 Å². The first-order chi connectivity index (χ1) is 12.8. The summed E-state index contributed by atoms with van der Waals surface area (Å²) in [5, 5.41) is 5.43. The van der Waals surface area contributed by atoms with Gasteiger partial charge in [0.05, 0.1) is 18.2 Å². The van der Waals surface area contributed by atoms with Gasteiger partial charge in [0.2, 0.25) is 0 Å². The lowest BCUT2D eigenvalue weighted by molar-refractivity contribution is 0.155. The Bertz CT molecular complexity index is 951. The SMILES string of the molecule is CCCN(Cn1nc(-c2ccc(Cl)cc2)n(CC)c1=S)C1CCS(=O)(=O)C1. The highest BCUT2D eigenvalue weighted by atomic mass is 35.5. The van der Waals surface area contributed by atoms with Crippen LogP contribution in [-0.2, 0) is 23.1 Å². The molecule has 27 heavy (non-hydrogen) atoms. The van der Waals surface area contributed by atoms with E-state index < -0.39 is 9.84 Å². The van der Waals surface area contributed by atoms with Crippen molar-refractivity contribution in [3.8, 4) is 11.4 Å². The molecule has 6 nitrogen and oxygen atoms in total. The maximum Gasteiger partial charge on any atom is 0.199 e. The van der Waals surface area contributed by atoms with Crippen LogP contribution in [0, 0.1) is 4.77 Å². The lowest BCUT2D eigenvalue weighted by Crippen LogP contribution is -2.38. The summed E-state index contributed by atoms with van der Waals surface area (Å²) >= 11 is 11.7. The van der Waals surface area contributed by atoms with Crippen LogP contribution in [0.15, 0.2) is 24.3 Å². The Hall–Kier alpha value is -1.22. The molecule has 1 aliphatic rings. The number of sulfone groups is 1. The molecule has 1 aromatic carbocycles. The molecule has 0 spiro atoms. The van der Waals surface area contributed by atoms with Crippen LogP contribution < -0.4 is 0 Å². The molecule has 0 N–H and O–H groups in total. The maximum absolute atomic E-state index is 11.9. The highest BCUT2D eigenvalue weighted by Crippen LogP contribution is 2.23. The number of benzene rings is 1. The Kier molecular flexibility index (Phi) is 6.40. The zero-order chi connectivity index (χ0) is 19.6. The molecule has 148 valence electrons. The summed E-state index contributed by atoms with van der Waals surface area (Å²) < 4.78 is 28.2. The van der Waals surface area contributed by atoms with E-state index in [4.69, 9.17) is 28.9 Å². The smallest absolute Gasteiger partial charge is 0.199 e. The van der Waals surface area contributed by atoms with E-state index in [1.165, 1.54) is 0 Å². The van der Waals surface area contributed by atoms with Gasteiger partial charge in [0.25, 0.3) is 0 Å². The van der Waals surface area contributed by atoms with Gasteiger partial charge < -0.3 is 4.57 Å². The molecule has 0 radical (unpaired) electrons. The van der Waals surface area contributed by atoms with Gasteiger partial charge in [0.1, 0.15) is 0 Å². The summed E-state index contributed by atoms with van der Waals surface area (Å²) in [4.78, 5) is 2.19. The van der Waals surface area contributed by atoms with Crippen LogP contribution in [0.3, 0.4) is 0 Å². The molecule has 1 aliphatic heterocycles. The van der Waals surface area contributed by atoms with Gasteiger partial charge in [0.15, 0.2) is 20.4 Å². The van der Waals surface area contributed by atoms with Crippen LogP contribution in [0.2, 0.25) is 5.02 Å². The van der Waals surface area contributed by atoms with E-state index in [0.29, 0.717) is 29.4 Å². The molecular weight excluding hydrogens is 404 g/mol. The predicted molar refractivity (Wildman–Crippen MR) is 111 cm³/mol. The summed E-state index contributed by atoms with van der Waals surface area (Å²) in [6, 6.07) is 7.58.